The number of rotatable bonds is 2. The summed E-state index contributed by atoms with van der Waals surface area (Å²) < 4.78 is 0. The molecule has 1 aliphatic heterocycles. The van der Waals surface area contributed by atoms with Crippen LogP contribution in [0.3, 0.4) is 0 Å². The lowest BCUT2D eigenvalue weighted by Gasteiger charge is -2.26. The highest BCUT2D eigenvalue weighted by atomic mass is 16.2. The van der Waals surface area contributed by atoms with E-state index in [0.29, 0.717) is 5.69 Å². The van der Waals surface area contributed by atoms with E-state index >= 15 is 0 Å². The van der Waals surface area contributed by atoms with Gasteiger partial charge in [0, 0.05) is 5.69 Å². The van der Waals surface area contributed by atoms with E-state index in [0.717, 1.165) is 11.3 Å². The van der Waals surface area contributed by atoms with Crippen LogP contribution in [0.5, 0.6) is 0 Å². The van der Waals surface area contributed by atoms with Crippen molar-refractivity contribution < 1.29 is 9.59 Å². The highest BCUT2D eigenvalue weighted by Crippen LogP contribution is 2.29. The summed E-state index contributed by atoms with van der Waals surface area (Å²) in [5, 5.41) is 5.62. The van der Waals surface area contributed by atoms with Gasteiger partial charge in [-0.25, -0.2) is 4.98 Å². The van der Waals surface area contributed by atoms with Gasteiger partial charge in [0.25, 0.3) is 5.91 Å². The Morgan fingerprint density at radius 1 is 1.37 bits per heavy atom. The van der Waals surface area contributed by atoms with Gasteiger partial charge in [-0.15, -0.1) is 0 Å². The fraction of sp³-hybridized carbons (Fsp3) is 0.154. The number of anilines is 1. The summed E-state index contributed by atoms with van der Waals surface area (Å²) in [5.41, 5.74) is 2.03. The van der Waals surface area contributed by atoms with E-state index in [4.69, 9.17) is 0 Å². The third-order valence-corrected chi connectivity index (χ3v) is 3.05. The Morgan fingerprint density at radius 2 is 2.21 bits per heavy atom. The highest BCUT2D eigenvalue weighted by Gasteiger charge is 2.26. The van der Waals surface area contributed by atoms with Gasteiger partial charge in [0.1, 0.15) is 5.69 Å². The van der Waals surface area contributed by atoms with Gasteiger partial charge in [0.15, 0.2) is 0 Å². The van der Waals surface area contributed by atoms with Crippen LogP contribution in [0.25, 0.3) is 0 Å². The standard InChI is InChI=1S/C13H12N4O2/c18-12-5-10(8-3-1-2-4-9(8)16-12)17-13(19)11-6-14-7-15-11/h1-4,6-7,10H,5H2,(H,14,15)(H,16,18)(H,17,19). The Kier molecular flexibility index (Phi) is 2.75. The lowest BCUT2D eigenvalue weighted by molar-refractivity contribution is -0.116. The molecular formula is C13H12N4O2. The molecule has 0 aliphatic carbocycles. The maximum Gasteiger partial charge on any atom is 0.269 e. The molecule has 0 radical (unpaired) electrons. The Morgan fingerprint density at radius 3 is 3.00 bits per heavy atom. The zero-order chi connectivity index (χ0) is 13.2. The molecule has 6 heteroatoms. The molecule has 19 heavy (non-hydrogen) atoms. The lowest BCUT2D eigenvalue weighted by atomic mass is 9.97. The van der Waals surface area contributed by atoms with Crippen LogP contribution in [0.1, 0.15) is 28.5 Å². The predicted octanol–water partition coefficient (Wildman–Crippen LogP) is 1.22. The zero-order valence-electron chi connectivity index (χ0n) is 10.0. The van der Waals surface area contributed by atoms with Crippen LogP contribution in [0.2, 0.25) is 0 Å². The number of carbonyl (C=O) groups is 2. The van der Waals surface area contributed by atoms with Crippen LogP contribution in [0.15, 0.2) is 36.8 Å². The maximum atomic E-state index is 12.0. The number of nitrogens with one attached hydrogen (secondary N) is 3. The first kappa shape index (κ1) is 11.5. The third-order valence-electron chi connectivity index (χ3n) is 3.05. The van der Waals surface area contributed by atoms with E-state index in [2.05, 4.69) is 20.6 Å². The van der Waals surface area contributed by atoms with E-state index < -0.39 is 0 Å². The summed E-state index contributed by atoms with van der Waals surface area (Å²) in [6.07, 6.45) is 3.12. The zero-order valence-corrected chi connectivity index (χ0v) is 10.0. The minimum Gasteiger partial charge on any atom is -0.343 e. The minimum absolute atomic E-state index is 0.103. The molecule has 1 unspecified atom stereocenters. The van der Waals surface area contributed by atoms with Crippen molar-refractivity contribution in [3.63, 3.8) is 0 Å². The average Bonchev–Trinajstić information content (AvgIpc) is 2.92. The van der Waals surface area contributed by atoms with Gasteiger partial charge in [0.2, 0.25) is 5.91 Å². The smallest absolute Gasteiger partial charge is 0.269 e. The summed E-state index contributed by atoms with van der Waals surface area (Å²) in [4.78, 5) is 30.1. The van der Waals surface area contributed by atoms with Gasteiger partial charge >= 0.3 is 0 Å². The van der Waals surface area contributed by atoms with Gasteiger partial charge in [0.05, 0.1) is 25.0 Å². The van der Waals surface area contributed by atoms with Crippen molar-refractivity contribution in [3.05, 3.63) is 48.0 Å². The molecule has 6 nitrogen and oxygen atoms in total. The largest absolute Gasteiger partial charge is 0.343 e. The van der Waals surface area contributed by atoms with Crippen molar-refractivity contribution in [3.8, 4) is 0 Å². The molecule has 1 aromatic heterocycles. The molecule has 1 aromatic carbocycles. The monoisotopic (exact) mass is 256 g/mol. The molecule has 0 bridgehead atoms. The number of hydrogen-bond donors (Lipinski definition) is 3. The number of H-pyrrole nitrogens is 1. The average molecular weight is 256 g/mol. The molecule has 1 aliphatic rings. The number of nitrogens with zero attached hydrogens (tertiary/aromatic N) is 1. The van der Waals surface area contributed by atoms with Crippen molar-refractivity contribution in [2.75, 3.05) is 5.32 Å². The normalized spacial score (nSPS) is 17.5. The van der Waals surface area contributed by atoms with E-state index in [1.165, 1.54) is 12.5 Å². The number of hydrogen-bond acceptors (Lipinski definition) is 3. The summed E-state index contributed by atoms with van der Waals surface area (Å²) in [6, 6.07) is 7.12. The van der Waals surface area contributed by atoms with E-state index in [1.54, 1.807) is 0 Å². The molecule has 3 N–H and O–H groups in total. The van der Waals surface area contributed by atoms with Gasteiger partial charge in [-0.3, -0.25) is 9.59 Å². The molecule has 0 spiro atoms. The Labute approximate surface area is 109 Å². The summed E-state index contributed by atoms with van der Waals surface area (Å²) in [6.45, 7) is 0. The summed E-state index contributed by atoms with van der Waals surface area (Å²) in [7, 11) is 0. The van der Waals surface area contributed by atoms with Crippen molar-refractivity contribution in [2.24, 2.45) is 0 Å². The van der Waals surface area contributed by atoms with E-state index in [1.807, 2.05) is 24.3 Å². The first-order valence-electron chi connectivity index (χ1n) is 5.92. The van der Waals surface area contributed by atoms with E-state index in [-0.39, 0.29) is 24.3 Å². The van der Waals surface area contributed by atoms with Crippen molar-refractivity contribution in [1.82, 2.24) is 15.3 Å². The van der Waals surface area contributed by atoms with E-state index in [9.17, 15) is 9.59 Å². The van der Waals surface area contributed by atoms with Crippen LogP contribution < -0.4 is 10.6 Å². The minimum atomic E-state index is -0.319. The van der Waals surface area contributed by atoms with Crippen molar-refractivity contribution in [1.29, 1.82) is 0 Å². The first-order valence-corrected chi connectivity index (χ1v) is 5.92. The van der Waals surface area contributed by atoms with Crippen molar-refractivity contribution in [2.45, 2.75) is 12.5 Å². The quantitative estimate of drug-likeness (QED) is 0.755. The summed E-state index contributed by atoms with van der Waals surface area (Å²) in [5.74, 6) is -0.374. The van der Waals surface area contributed by atoms with Crippen LogP contribution in [-0.2, 0) is 4.79 Å². The predicted molar refractivity (Wildman–Crippen MR) is 68.5 cm³/mol. The number of amides is 2. The van der Waals surface area contributed by atoms with Gasteiger partial charge in [-0.05, 0) is 11.6 Å². The molecule has 1 atom stereocenters. The van der Waals surface area contributed by atoms with Gasteiger partial charge in [-0.2, -0.15) is 0 Å². The number of aromatic nitrogens is 2. The fourth-order valence-electron chi connectivity index (χ4n) is 2.16. The molecule has 3 rings (SSSR count). The Bertz CT molecular complexity index is 621. The summed E-state index contributed by atoms with van der Waals surface area (Å²) >= 11 is 0. The third kappa shape index (κ3) is 2.20. The molecule has 0 saturated carbocycles. The number of aromatic amines is 1. The fourth-order valence-corrected chi connectivity index (χ4v) is 2.16. The number of fused-ring (bicyclic) bond motifs is 1. The number of para-hydroxylation sites is 1. The van der Waals surface area contributed by atoms with Crippen LogP contribution in [0, 0.1) is 0 Å². The van der Waals surface area contributed by atoms with Crippen molar-refractivity contribution >= 4 is 17.5 Å². The van der Waals surface area contributed by atoms with Crippen LogP contribution in [-0.4, -0.2) is 21.8 Å². The van der Waals surface area contributed by atoms with Crippen LogP contribution >= 0.6 is 0 Å². The number of imidazole rings is 1. The highest BCUT2D eigenvalue weighted by molar-refractivity contribution is 5.97. The second-order valence-electron chi connectivity index (χ2n) is 4.33. The molecule has 2 aromatic rings. The van der Waals surface area contributed by atoms with Gasteiger partial charge < -0.3 is 15.6 Å². The molecule has 0 saturated heterocycles. The molecule has 96 valence electrons. The molecule has 0 fully saturated rings. The Hall–Kier alpha value is -2.63. The number of benzene rings is 1. The topological polar surface area (TPSA) is 86.9 Å². The van der Waals surface area contributed by atoms with Crippen LogP contribution in [0.4, 0.5) is 5.69 Å². The number of carbonyl (C=O) groups excluding carboxylic acids is 2. The molecular weight excluding hydrogens is 244 g/mol. The second kappa shape index (κ2) is 4.56. The second-order valence-corrected chi connectivity index (χ2v) is 4.33. The lowest BCUT2D eigenvalue weighted by Crippen LogP contribution is -2.35. The van der Waals surface area contributed by atoms with Gasteiger partial charge in [-0.1, -0.05) is 18.2 Å². The maximum absolute atomic E-state index is 12.0. The first-order chi connectivity index (χ1) is 9.24. The molecule has 2 heterocycles. The molecule has 2 amide bonds. The Balaban J connectivity index is 1.85. The SMILES string of the molecule is O=C1CC(NC(=O)c2cnc[nH]2)c2ccccc2N1.